The van der Waals surface area contributed by atoms with Crippen molar-refractivity contribution in [1.82, 2.24) is 10.3 Å². The molecule has 1 aliphatic rings. The first-order chi connectivity index (χ1) is 8.58. The van der Waals surface area contributed by atoms with Crippen LogP contribution in [0.25, 0.3) is 0 Å². The van der Waals surface area contributed by atoms with Crippen LogP contribution in [-0.4, -0.2) is 23.5 Å². The quantitative estimate of drug-likeness (QED) is 0.730. The Labute approximate surface area is 106 Å². The zero-order chi connectivity index (χ0) is 13.1. The van der Waals surface area contributed by atoms with Crippen molar-refractivity contribution >= 4 is 5.91 Å². The molecule has 0 radical (unpaired) electrons. The van der Waals surface area contributed by atoms with Gasteiger partial charge in [0.15, 0.2) is 5.43 Å². The molecule has 1 aromatic heterocycles. The molecule has 2 unspecified atom stereocenters. The average molecular weight is 249 g/mol. The number of aryl methyl sites for hydroxylation is 1. The van der Waals surface area contributed by atoms with Crippen LogP contribution in [-0.2, 0) is 0 Å². The van der Waals surface area contributed by atoms with Gasteiger partial charge in [-0.25, -0.2) is 0 Å². The fourth-order valence-electron chi connectivity index (χ4n) is 2.39. The monoisotopic (exact) mass is 249 g/mol. The van der Waals surface area contributed by atoms with Crippen molar-refractivity contribution in [1.29, 1.82) is 0 Å². The molecule has 1 amide bonds. The fourth-order valence-corrected chi connectivity index (χ4v) is 2.39. The fraction of sp³-hybridized carbons (Fsp3) is 0.538. The van der Waals surface area contributed by atoms with E-state index in [2.05, 4.69) is 10.3 Å². The molecule has 2 atom stereocenters. The maximum atomic E-state index is 11.9. The predicted octanol–water partition coefficient (Wildman–Crippen LogP) is 0.541. The highest BCUT2D eigenvalue weighted by Gasteiger charge is 2.24. The molecule has 0 saturated heterocycles. The van der Waals surface area contributed by atoms with Crippen molar-refractivity contribution in [2.24, 2.45) is 11.7 Å². The van der Waals surface area contributed by atoms with E-state index in [0.717, 1.165) is 25.0 Å². The number of carbonyl (C=O) groups excluding carboxylic acids is 1. The Morgan fingerprint density at radius 1 is 1.56 bits per heavy atom. The minimum atomic E-state index is -0.324. The molecule has 98 valence electrons. The zero-order valence-corrected chi connectivity index (χ0v) is 10.5. The highest BCUT2D eigenvalue weighted by molar-refractivity contribution is 5.93. The van der Waals surface area contributed by atoms with Crippen molar-refractivity contribution in [3.8, 4) is 0 Å². The maximum absolute atomic E-state index is 11.9. The number of nitrogens with two attached hydrogens (primary N) is 1. The molecule has 5 heteroatoms. The van der Waals surface area contributed by atoms with Crippen LogP contribution in [0.5, 0.6) is 0 Å². The molecule has 0 aliphatic heterocycles. The van der Waals surface area contributed by atoms with E-state index in [9.17, 15) is 9.59 Å². The van der Waals surface area contributed by atoms with Crippen molar-refractivity contribution in [2.75, 3.05) is 6.54 Å². The molecule has 1 saturated carbocycles. The predicted molar refractivity (Wildman–Crippen MR) is 69.4 cm³/mol. The van der Waals surface area contributed by atoms with Gasteiger partial charge >= 0.3 is 0 Å². The second kappa shape index (κ2) is 5.35. The van der Waals surface area contributed by atoms with Crippen LogP contribution >= 0.6 is 0 Å². The molecule has 1 fully saturated rings. The topological polar surface area (TPSA) is 88.0 Å². The third-order valence-corrected chi connectivity index (χ3v) is 3.54. The number of carbonyl (C=O) groups is 1. The number of rotatable bonds is 3. The highest BCUT2D eigenvalue weighted by Crippen LogP contribution is 2.22. The number of aromatic nitrogens is 1. The van der Waals surface area contributed by atoms with Gasteiger partial charge in [0.05, 0.1) is 0 Å². The largest absolute Gasteiger partial charge is 0.364 e. The van der Waals surface area contributed by atoms with Crippen molar-refractivity contribution in [3.05, 3.63) is 33.7 Å². The lowest BCUT2D eigenvalue weighted by molar-refractivity contribution is 0.0945. The molecule has 0 bridgehead atoms. The smallest absolute Gasteiger partial charge is 0.256 e. The van der Waals surface area contributed by atoms with Crippen LogP contribution in [0.15, 0.2) is 17.1 Å². The summed E-state index contributed by atoms with van der Waals surface area (Å²) in [7, 11) is 0. The SMILES string of the molecule is Cc1cc(=O)c(C(=O)NCC2CCCC2N)c[nH]1. The Bertz CT molecular complexity index is 495. The summed E-state index contributed by atoms with van der Waals surface area (Å²) in [5, 5.41) is 2.79. The number of hydrogen-bond donors (Lipinski definition) is 3. The summed E-state index contributed by atoms with van der Waals surface area (Å²) >= 11 is 0. The van der Waals surface area contributed by atoms with Gasteiger partial charge in [-0.3, -0.25) is 9.59 Å². The van der Waals surface area contributed by atoms with Crippen LogP contribution in [0.3, 0.4) is 0 Å². The molecule has 18 heavy (non-hydrogen) atoms. The summed E-state index contributed by atoms with van der Waals surface area (Å²) in [4.78, 5) is 26.4. The first kappa shape index (κ1) is 12.8. The number of H-pyrrole nitrogens is 1. The lowest BCUT2D eigenvalue weighted by Gasteiger charge is -2.15. The van der Waals surface area contributed by atoms with E-state index in [0.29, 0.717) is 12.5 Å². The number of hydrogen-bond acceptors (Lipinski definition) is 3. The first-order valence-corrected chi connectivity index (χ1v) is 6.31. The second-order valence-electron chi connectivity index (χ2n) is 4.96. The first-order valence-electron chi connectivity index (χ1n) is 6.31. The molecule has 2 rings (SSSR count). The van der Waals surface area contributed by atoms with E-state index in [1.54, 1.807) is 6.92 Å². The minimum absolute atomic E-state index is 0.159. The summed E-state index contributed by atoms with van der Waals surface area (Å²) in [6.07, 6.45) is 4.64. The van der Waals surface area contributed by atoms with Gasteiger partial charge < -0.3 is 16.0 Å². The van der Waals surface area contributed by atoms with Gasteiger partial charge in [0.25, 0.3) is 5.91 Å². The Morgan fingerprint density at radius 3 is 2.94 bits per heavy atom. The van der Waals surface area contributed by atoms with Crippen LogP contribution < -0.4 is 16.5 Å². The van der Waals surface area contributed by atoms with E-state index >= 15 is 0 Å². The third-order valence-electron chi connectivity index (χ3n) is 3.54. The van der Waals surface area contributed by atoms with E-state index in [4.69, 9.17) is 5.73 Å². The lowest BCUT2D eigenvalue weighted by atomic mass is 10.0. The number of pyridine rings is 1. The van der Waals surface area contributed by atoms with Gasteiger partial charge in [-0.05, 0) is 25.7 Å². The molecule has 0 aromatic carbocycles. The van der Waals surface area contributed by atoms with E-state index in [1.165, 1.54) is 12.3 Å². The molecule has 0 spiro atoms. The maximum Gasteiger partial charge on any atom is 0.256 e. The molecule has 4 N–H and O–H groups in total. The average Bonchev–Trinajstić information content (AvgIpc) is 2.72. The molecular weight excluding hydrogens is 230 g/mol. The lowest BCUT2D eigenvalue weighted by Crippen LogP contribution is -2.37. The number of aromatic amines is 1. The summed E-state index contributed by atoms with van der Waals surface area (Å²) in [6, 6.07) is 1.59. The number of nitrogens with one attached hydrogen (secondary N) is 2. The van der Waals surface area contributed by atoms with Crippen LogP contribution in [0, 0.1) is 12.8 Å². The summed E-state index contributed by atoms with van der Waals surface area (Å²) in [5.74, 6) is 0.00818. The van der Waals surface area contributed by atoms with Crippen molar-refractivity contribution in [3.63, 3.8) is 0 Å². The Hall–Kier alpha value is -1.62. The molecule has 1 heterocycles. The number of amides is 1. The van der Waals surface area contributed by atoms with Gasteiger partial charge in [0.2, 0.25) is 0 Å². The Balaban J connectivity index is 1.97. The van der Waals surface area contributed by atoms with Gasteiger partial charge in [0.1, 0.15) is 5.56 Å². The van der Waals surface area contributed by atoms with Crippen LogP contribution in [0.4, 0.5) is 0 Å². The Morgan fingerprint density at radius 2 is 2.33 bits per heavy atom. The van der Waals surface area contributed by atoms with Crippen LogP contribution in [0.1, 0.15) is 35.3 Å². The van der Waals surface area contributed by atoms with E-state index < -0.39 is 0 Å². The van der Waals surface area contributed by atoms with E-state index in [1.807, 2.05) is 0 Å². The normalized spacial score (nSPS) is 23.0. The van der Waals surface area contributed by atoms with Gasteiger partial charge in [-0.1, -0.05) is 6.42 Å². The van der Waals surface area contributed by atoms with E-state index in [-0.39, 0.29) is 22.9 Å². The molecular formula is C13H19N3O2. The standard InChI is InChI=1S/C13H19N3O2/c1-8-5-12(17)10(7-15-8)13(18)16-6-9-3-2-4-11(9)14/h5,7,9,11H,2-4,6,14H2,1H3,(H,15,17)(H,16,18). The minimum Gasteiger partial charge on any atom is -0.364 e. The Kier molecular flexibility index (Phi) is 3.81. The van der Waals surface area contributed by atoms with Gasteiger partial charge in [0, 0.05) is 30.5 Å². The van der Waals surface area contributed by atoms with Crippen molar-refractivity contribution in [2.45, 2.75) is 32.2 Å². The van der Waals surface area contributed by atoms with Gasteiger partial charge in [-0.15, -0.1) is 0 Å². The third kappa shape index (κ3) is 2.79. The van der Waals surface area contributed by atoms with Crippen LogP contribution in [0.2, 0.25) is 0 Å². The highest BCUT2D eigenvalue weighted by atomic mass is 16.2. The summed E-state index contributed by atoms with van der Waals surface area (Å²) in [5.41, 5.74) is 6.59. The van der Waals surface area contributed by atoms with Gasteiger partial charge in [-0.2, -0.15) is 0 Å². The van der Waals surface area contributed by atoms with Crippen molar-refractivity contribution < 1.29 is 4.79 Å². The second-order valence-corrected chi connectivity index (χ2v) is 4.96. The summed E-state index contributed by atoms with van der Waals surface area (Å²) in [6.45, 7) is 2.33. The molecule has 5 nitrogen and oxygen atoms in total. The molecule has 1 aliphatic carbocycles. The molecule has 1 aromatic rings. The zero-order valence-electron chi connectivity index (χ0n) is 10.5. The summed E-state index contributed by atoms with van der Waals surface area (Å²) < 4.78 is 0.